The van der Waals surface area contributed by atoms with E-state index in [0.717, 1.165) is 24.9 Å². The lowest BCUT2D eigenvalue weighted by Crippen LogP contribution is -2.42. The van der Waals surface area contributed by atoms with Gasteiger partial charge in [-0.3, -0.25) is 14.5 Å². The molecule has 1 aliphatic carbocycles. The van der Waals surface area contributed by atoms with Crippen molar-refractivity contribution in [2.75, 3.05) is 18.0 Å². The largest absolute Gasteiger partial charge is 0.481 e. The van der Waals surface area contributed by atoms with Gasteiger partial charge in [-0.05, 0) is 37.1 Å². The Morgan fingerprint density at radius 2 is 1.84 bits per heavy atom. The molecule has 2 aliphatic rings. The fourth-order valence-electron chi connectivity index (χ4n) is 3.54. The molecule has 7 nitrogen and oxygen atoms in total. The number of amides is 3. The summed E-state index contributed by atoms with van der Waals surface area (Å²) < 4.78 is 0. The number of rotatable bonds is 4. The predicted octanol–water partition coefficient (Wildman–Crippen LogP) is 1.98. The molecule has 2 atom stereocenters. The maximum absolute atomic E-state index is 12.5. The van der Waals surface area contributed by atoms with Crippen molar-refractivity contribution in [1.29, 1.82) is 0 Å². The normalized spacial score (nSPS) is 23.7. The Kier molecular flexibility index (Phi) is 5.21. The van der Waals surface area contributed by atoms with Gasteiger partial charge in [-0.1, -0.05) is 19.3 Å². The molecule has 2 fully saturated rings. The molecule has 25 heavy (non-hydrogen) atoms. The number of aliphatic carboxylic acids is 1. The molecular formula is C18H23N3O4. The molecule has 1 aromatic rings. The SMILES string of the molecule is O=C(N[C@H]1CCCCC[C@H]1C(=O)O)c1ccc(N2CCNC2=O)cc1. The number of carbonyl (C=O) groups excluding carboxylic acids is 2. The first kappa shape index (κ1) is 17.3. The van der Waals surface area contributed by atoms with Gasteiger partial charge in [0, 0.05) is 30.4 Å². The Morgan fingerprint density at radius 3 is 2.48 bits per heavy atom. The van der Waals surface area contributed by atoms with Crippen molar-refractivity contribution >= 4 is 23.6 Å². The lowest BCUT2D eigenvalue weighted by molar-refractivity contribution is -0.142. The van der Waals surface area contributed by atoms with Gasteiger partial charge >= 0.3 is 12.0 Å². The van der Waals surface area contributed by atoms with E-state index in [9.17, 15) is 19.5 Å². The first-order chi connectivity index (χ1) is 12.1. The lowest BCUT2D eigenvalue weighted by Gasteiger charge is -2.23. The smallest absolute Gasteiger partial charge is 0.321 e. The third kappa shape index (κ3) is 3.92. The molecule has 1 aliphatic heterocycles. The molecule has 0 radical (unpaired) electrons. The van der Waals surface area contributed by atoms with Crippen LogP contribution < -0.4 is 15.5 Å². The molecular weight excluding hydrogens is 322 g/mol. The molecule has 0 aromatic heterocycles. The number of nitrogens with one attached hydrogen (secondary N) is 2. The average molecular weight is 345 g/mol. The maximum atomic E-state index is 12.5. The monoisotopic (exact) mass is 345 g/mol. The standard InChI is InChI=1S/C18H23N3O4/c22-16(20-15-5-3-1-2-4-14(15)17(23)24)12-6-8-13(9-7-12)21-11-10-19-18(21)25/h6-9,14-15H,1-5,10-11H2,(H,19,25)(H,20,22)(H,23,24)/t14-,15+/m1/s1. The molecule has 1 aromatic carbocycles. The molecule has 3 rings (SSSR count). The van der Waals surface area contributed by atoms with Crippen LogP contribution in [0.4, 0.5) is 10.5 Å². The molecule has 0 unspecified atom stereocenters. The van der Waals surface area contributed by atoms with Crippen molar-refractivity contribution in [2.24, 2.45) is 5.92 Å². The third-order valence-electron chi connectivity index (χ3n) is 4.95. The number of urea groups is 1. The van der Waals surface area contributed by atoms with Gasteiger partial charge in [0.1, 0.15) is 0 Å². The minimum absolute atomic E-state index is 0.139. The van der Waals surface area contributed by atoms with Crippen molar-refractivity contribution in [2.45, 2.75) is 38.1 Å². The summed E-state index contributed by atoms with van der Waals surface area (Å²) in [5.41, 5.74) is 1.21. The quantitative estimate of drug-likeness (QED) is 0.727. The van der Waals surface area contributed by atoms with Gasteiger partial charge in [0.2, 0.25) is 0 Å². The molecule has 7 heteroatoms. The molecule has 3 N–H and O–H groups in total. The number of benzene rings is 1. The summed E-state index contributed by atoms with van der Waals surface area (Å²) in [5, 5.41) is 15.0. The Balaban J connectivity index is 1.67. The van der Waals surface area contributed by atoms with E-state index >= 15 is 0 Å². The molecule has 1 saturated heterocycles. The molecule has 0 bridgehead atoms. The molecule has 1 saturated carbocycles. The Bertz CT molecular complexity index is 659. The number of carbonyl (C=O) groups is 3. The van der Waals surface area contributed by atoms with Crippen LogP contribution in [0.1, 0.15) is 42.5 Å². The second-order valence-electron chi connectivity index (χ2n) is 6.59. The highest BCUT2D eigenvalue weighted by Gasteiger charge is 2.31. The maximum Gasteiger partial charge on any atom is 0.321 e. The van der Waals surface area contributed by atoms with E-state index in [-0.39, 0.29) is 18.0 Å². The fraction of sp³-hybridized carbons (Fsp3) is 0.500. The second-order valence-corrected chi connectivity index (χ2v) is 6.59. The molecule has 0 spiro atoms. The van der Waals surface area contributed by atoms with Crippen molar-refractivity contribution in [1.82, 2.24) is 10.6 Å². The highest BCUT2D eigenvalue weighted by atomic mass is 16.4. The molecule has 3 amide bonds. The van der Waals surface area contributed by atoms with Crippen LogP contribution in [0.15, 0.2) is 24.3 Å². The van der Waals surface area contributed by atoms with E-state index in [1.165, 1.54) is 0 Å². The van der Waals surface area contributed by atoms with Crippen LogP contribution >= 0.6 is 0 Å². The third-order valence-corrected chi connectivity index (χ3v) is 4.95. The summed E-state index contributed by atoms with van der Waals surface area (Å²) in [6, 6.07) is 6.34. The van der Waals surface area contributed by atoms with E-state index in [4.69, 9.17) is 0 Å². The van der Waals surface area contributed by atoms with Crippen LogP contribution in [-0.2, 0) is 4.79 Å². The van der Waals surface area contributed by atoms with Gasteiger partial charge in [-0.15, -0.1) is 0 Å². The van der Waals surface area contributed by atoms with Crippen LogP contribution in [0.25, 0.3) is 0 Å². The highest BCUT2D eigenvalue weighted by molar-refractivity contribution is 5.97. The summed E-state index contributed by atoms with van der Waals surface area (Å²) in [6.45, 7) is 1.21. The Hall–Kier alpha value is -2.57. The van der Waals surface area contributed by atoms with Gasteiger partial charge in [-0.2, -0.15) is 0 Å². The van der Waals surface area contributed by atoms with Crippen LogP contribution in [0, 0.1) is 5.92 Å². The van der Waals surface area contributed by atoms with Gasteiger partial charge in [-0.25, -0.2) is 4.79 Å². The highest BCUT2D eigenvalue weighted by Crippen LogP contribution is 2.24. The van der Waals surface area contributed by atoms with Gasteiger partial charge in [0.15, 0.2) is 0 Å². The van der Waals surface area contributed by atoms with Crippen molar-refractivity contribution in [3.05, 3.63) is 29.8 Å². The number of carboxylic acids is 1. The van der Waals surface area contributed by atoms with E-state index < -0.39 is 11.9 Å². The summed E-state index contributed by atoms with van der Waals surface area (Å²) in [6.07, 6.45) is 4.11. The van der Waals surface area contributed by atoms with Crippen molar-refractivity contribution in [3.63, 3.8) is 0 Å². The van der Waals surface area contributed by atoms with E-state index in [1.807, 2.05) is 0 Å². The summed E-state index contributed by atoms with van der Waals surface area (Å²) in [7, 11) is 0. The van der Waals surface area contributed by atoms with Crippen LogP contribution in [0.5, 0.6) is 0 Å². The van der Waals surface area contributed by atoms with Crippen LogP contribution in [0.2, 0.25) is 0 Å². The minimum atomic E-state index is -0.845. The first-order valence-corrected chi connectivity index (χ1v) is 8.75. The topological polar surface area (TPSA) is 98.7 Å². The zero-order valence-electron chi connectivity index (χ0n) is 14.0. The van der Waals surface area contributed by atoms with E-state index in [2.05, 4.69) is 10.6 Å². The molecule has 1 heterocycles. The summed E-state index contributed by atoms with van der Waals surface area (Å²) >= 11 is 0. The van der Waals surface area contributed by atoms with Crippen molar-refractivity contribution < 1.29 is 19.5 Å². The van der Waals surface area contributed by atoms with Gasteiger partial charge in [0.05, 0.1) is 5.92 Å². The number of hydrogen-bond acceptors (Lipinski definition) is 3. The predicted molar refractivity (Wildman–Crippen MR) is 92.7 cm³/mol. The number of nitrogens with zero attached hydrogens (tertiary/aromatic N) is 1. The van der Waals surface area contributed by atoms with Crippen molar-refractivity contribution in [3.8, 4) is 0 Å². The van der Waals surface area contributed by atoms with E-state index in [1.54, 1.807) is 29.2 Å². The Labute approximate surface area is 146 Å². The number of anilines is 1. The number of carboxylic acid groups (broad SMARTS) is 1. The van der Waals surface area contributed by atoms with E-state index in [0.29, 0.717) is 31.5 Å². The van der Waals surface area contributed by atoms with Crippen LogP contribution in [-0.4, -0.2) is 42.1 Å². The second kappa shape index (κ2) is 7.55. The summed E-state index contributed by atoms with van der Waals surface area (Å²) in [4.78, 5) is 37.2. The summed E-state index contributed by atoms with van der Waals surface area (Å²) in [5.74, 6) is -1.64. The minimum Gasteiger partial charge on any atom is -0.481 e. The zero-order valence-corrected chi connectivity index (χ0v) is 14.0. The van der Waals surface area contributed by atoms with Gasteiger partial charge in [0.25, 0.3) is 5.91 Å². The fourth-order valence-corrected chi connectivity index (χ4v) is 3.54. The zero-order chi connectivity index (χ0) is 17.8. The molecule has 134 valence electrons. The average Bonchev–Trinajstić information content (AvgIpc) is 2.89. The van der Waals surface area contributed by atoms with Gasteiger partial charge < -0.3 is 15.7 Å². The van der Waals surface area contributed by atoms with Crippen LogP contribution in [0.3, 0.4) is 0 Å². The first-order valence-electron chi connectivity index (χ1n) is 8.75. The lowest BCUT2D eigenvalue weighted by atomic mass is 9.94. The number of hydrogen-bond donors (Lipinski definition) is 3. The Morgan fingerprint density at radius 1 is 1.12 bits per heavy atom.